The summed E-state index contributed by atoms with van der Waals surface area (Å²) in [6.45, 7) is 0.633. The van der Waals surface area contributed by atoms with E-state index >= 15 is 0 Å². The van der Waals surface area contributed by atoms with Gasteiger partial charge in [-0.2, -0.15) is 4.31 Å². The lowest BCUT2D eigenvalue weighted by molar-refractivity contribution is 0.308. The molecule has 0 bridgehead atoms. The molecule has 1 aromatic heterocycles. The van der Waals surface area contributed by atoms with Gasteiger partial charge in [0.1, 0.15) is 4.21 Å². The van der Waals surface area contributed by atoms with Gasteiger partial charge in [0, 0.05) is 19.1 Å². The second-order valence-electron chi connectivity index (χ2n) is 7.37. The Morgan fingerprint density at radius 2 is 1.68 bits per heavy atom. The number of piperidine rings is 1. The van der Waals surface area contributed by atoms with E-state index < -0.39 is 20.0 Å². The molecule has 1 saturated heterocycles. The molecule has 0 atom stereocenters. The molecule has 0 unspecified atom stereocenters. The predicted octanol–water partition coefficient (Wildman–Crippen LogP) is 2.76. The van der Waals surface area contributed by atoms with Gasteiger partial charge < -0.3 is 0 Å². The molecule has 0 amide bonds. The number of fused-ring (bicyclic) bond motifs is 1. The van der Waals surface area contributed by atoms with Gasteiger partial charge in [0.25, 0.3) is 0 Å². The smallest absolute Gasteiger partial charge is 0.207 e. The van der Waals surface area contributed by atoms with Gasteiger partial charge in [0.15, 0.2) is 0 Å². The normalized spacial score (nSPS) is 19.4. The second kappa shape index (κ2) is 7.87. The van der Waals surface area contributed by atoms with Gasteiger partial charge in [-0.05, 0) is 73.2 Å². The summed E-state index contributed by atoms with van der Waals surface area (Å²) < 4.78 is 55.3. The molecule has 28 heavy (non-hydrogen) atoms. The van der Waals surface area contributed by atoms with Crippen molar-refractivity contribution in [2.24, 2.45) is 0 Å². The molecule has 1 aliphatic carbocycles. The predicted molar refractivity (Wildman–Crippen MR) is 110 cm³/mol. The van der Waals surface area contributed by atoms with Crippen LogP contribution in [0, 0.1) is 0 Å². The molecule has 0 spiro atoms. The molecule has 0 saturated carbocycles. The van der Waals surface area contributed by atoms with Crippen molar-refractivity contribution in [1.82, 2.24) is 9.03 Å². The van der Waals surface area contributed by atoms with Crippen molar-refractivity contribution in [1.29, 1.82) is 0 Å². The maximum atomic E-state index is 13.0. The summed E-state index contributed by atoms with van der Waals surface area (Å²) in [4.78, 5) is 0.353. The molecule has 1 aliphatic heterocycles. The van der Waals surface area contributed by atoms with E-state index in [1.165, 1.54) is 21.2 Å². The molecule has 9 heteroatoms. The number of nitrogens with one attached hydrogen (secondary N) is 1. The standard InChI is InChI=1S/C19H24N2O4S3/c22-27(23,19-6-3-13-26-19)20-17-9-11-21(12-10-17)28(24,25)18-8-7-15-4-1-2-5-16(15)14-18/h3,6-8,13-14,17,20H,1-2,4-5,9-12H2. The first-order valence-electron chi connectivity index (χ1n) is 9.54. The topological polar surface area (TPSA) is 83.6 Å². The van der Waals surface area contributed by atoms with Crippen LogP contribution in [-0.4, -0.2) is 40.3 Å². The van der Waals surface area contributed by atoms with Crippen molar-refractivity contribution in [3.8, 4) is 0 Å². The SMILES string of the molecule is O=S(=O)(NC1CCN(S(=O)(=O)c2ccc3c(c2)CCCC3)CC1)c1cccs1. The zero-order chi connectivity index (χ0) is 19.8. The Balaban J connectivity index is 1.43. The Morgan fingerprint density at radius 3 is 2.36 bits per heavy atom. The maximum Gasteiger partial charge on any atom is 0.250 e. The zero-order valence-corrected chi connectivity index (χ0v) is 18.0. The van der Waals surface area contributed by atoms with Crippen LogP contribution in [0.25, 0.3) is 0 Å². The number of benzene rings is 1. The highest BCUT2D eigenvalue weighted by molar-refractivity contribution is 7.91. The molecule has 1 aromatic carbocycles. The fraction of sp³-hybridized carbons (Fsp3) is 0.474. The number of thiophene rings is 1. The molecule has 2 aromatic rings. The van der Waals surface area contributed by atoms with Crippen molar-refractivity contribution < 1.29 is 16.8 Å². The molecular weight excluding hydrogens is 416 g/mol. The fourth-order valence-corrected chi connectivity index (χ4v) is 7.76. The van der Waals surface area contributed by atoms with Crippen LogP contribution in [0.3, 0.4) is 0 Å². The minimum absolute atomic E-state index is 0.248. The minimum atomic E-state index is -3.55. The number of rotatable bonds is 5. The average Bonchev–Trinajstić information content (AvgIpc) is 3.24. The van der Waals surface area contributed by atoms with Crippen LogP contribution in [0.4, 0.5) is 0 Å². The monoisotopic (exact) mass is 440 g/mol. The average molecular weight is 441 g/mol. The van der Waals surface area contributed by atoms with Crippen molar-refractivity contribution in [3.63, 3.8) is 0 Å². The van der Waals surface area contributed by atoms with E-state index in [0.29, 0.717) is 30.8 Å². The summed E-state index contributed by atoms with van der Waals surface area (Å²) in [6, 6.07) is 8.52. The lowest BCUT2D eigenvalue weighted by Crippen LogP contribution is -2.46. The Morgan fingerprint density at radius 1 is 0.964 bits per heavy atom. The van der Waals surface area contributed by atoms with Crippen LogP contribution in [0.5, 0.6) is 0 Å². The van der Waals surface area contributed by atoms with E-state index in [2.05, 4.69) is 4.72 Å². The molecule has 152 valence electrons. The van der Waals surface area contributed by atoms with E-state index in [1.54, 1.807) is 23.6 Å². The molecule has 1 fully saturated rings. The second-order valence-corrected chi connectivity index (χ2v) is 12.2. The highest BCUT2D eigenvalue weighted by Crippen LogP contribution is 2.27. The molecule has 2 aliphatic rings. The van der Waals surface area contributed by atoms with Gasteiger partial charge in [-0.15, -0.1) is 11.3 Å². The third-order valence-corrected chi connectivity index (χ3v) is 10.3. The van der Waals surface area contributed by atoms with Crippen LogP contribution in [-0.2, 0) is 32.9 Å². The van der Waals surface area contributed by atoms with Crippen molar-refractivity contribution >= 4 is 31.4 Å². The number of aryl methyl sites for hydroxylation is 2. The number of hydrogen-bond donors (Lipinski definition) is 1. The van der Waals surface area contributed by atoms with Crippen LogP contribution in [0.1, 0.15) is 36.8 Å². The first-order chi connectivity index (χ1) is 13.4. The molecular formula is C19H24N2O4S3. The first-order valence-corrected chi connectivity index (χ1v) is 13.3. The van der Waals surface area contributed by atoms with Gasteiger partial charge in [-0.1, -0.05) is 12.1 Å². The third-order valence-electron chi connectivity index (χ3n) is 5.49. The van der Waals surface area contributed by atoms with Gasteiger partial charge in [0.05, 0.1) is 4.90 Å². The quantitative estimate of drug-likeness (QED) is 0.775. The van der Waals surface area contributed by atoms with Crippen LogP contribution in [0.2, 0.25) is 0 Å². The Labute approximate surface area is 170 Å². The summed E-state index contributed by atoms with van der Waals surface area (Å²) in [7, 11) is -7.08. The summed E-state index contributed by atoms with van der Waals surface area (Å²) in [5, 5.41) is 1.72. The lowest BCUT2D eigenvalue weighted by atomic mass is 9.92. The molecule has 4 rings (SSSR count). The van der Waals surface area contributed by atoms with Crippen molar-refractivity contribution in [2.75, 3.05) is 13.1 Å². The van der Waals surface area contributed by atoms with Gasteiger partial charge in [-0.3, -0.25) is 0 Å². The van der Waals surface area contributed by atoms with Crippen LogP contribution < -0.4 is 4.72 Å². The van der Waals surface area contributed by atoms with Gasteiger partial charge in [-0.25, -0.2) is 21.6 Å². The Hall–Kier alpha value is -1.26. The summed E-state index contributed by atoms with van der Waals surface area (Å²) in [6.07, 6.45) is 5.15. The number of hydrogen-bond acceptors (Lipinski definition) is 5. The Bertz CT molecular complexity index is 1040. The minimum Gasteiger partial charge on any atom is -0.207 e. The summed E-state index contributed by atoms with van der Waals surface area (Å²) >= 11 is 1.17. The van der Waals surface area contributed by atoms with Crippen LogP contribution >= 0.6 is 11.3 Å². The van der Waals surface area contributed by atoms with Crippen molar-refractivity contribution in [2.45, 2.75) is 53.7 Å². The molecule has 2 heterocycles. The van der Waals surface area contributed by atoms with E-state index in [-0.39, 0.29) is 10.3 Å². The number of nitrogens with zero attached hydrogens (tertiary/aromatic N) is 1. The number of sulfonamides is 2. The maximum absolute atomic E-state index is 13.0. The molecule has 0 radical (unpaired) electrons. The molecule has 1 N–H and O–H groups in total. The van der Waals surface area contributed by atoms with Gasteiger partial charge >= 0.3 is 0 Å². The highest BCUT2D eigenvalue weighted by atomic mass is 32.2. The highest BCUT2D eigenvalue weighted by Gasteiger charge is 2.32. The van der Waals surface area contributed by atoms with E-state index in [1.807, 2.05) is 12.1 Å². The summed E-state index contributed by atoms with van der Waals surface area (Å²) in [5.41, 5.74) is 2.40. The van der Waals surface area contributed by atoms with Crippen LogP contribution in [0.15, 0.2) is 44.8 Å². The van der Waals surface area contributed by atoms with Gasteiger partial charge in [0.2, 0.25) is 20.0 Å². The largest absolute Gasteiger partial charge is 0.250 e. The fourth-order valence-electron chi connectivity index (χ4n) is 3.93. The lowest BCUT2D eigenvalue weighted by Gasteiger charge is -2.31. The third kappa shape index (κ3) is 4.04. The van der Waals surface area contributed by atoms with Crippen molar-refractivity contribution in [3.05, 3.63) is 46.8 Å². The first kappa shape index (κ1) is 20.0. The van der Waals surface area contributed by atoms with E-state index in [4.69, 9.17) is 0 Å². The summed E-state index contributed by atoms with van der Waals surface area (Å²) in [5.74, 6) is 0. The zero-order valence-electron chi connectivity index (χ0n) is 15.5. The Kier molecular flexibility index (Phi) is 5.63. The van der Waals surface area contributed by atoms with E-state index in [9.17, 15) is 16.8 Å². The van der Waals surface area contributed by atoms with E-state index in [0.717, 1.165) is 31.2 Å². The molecule has 6 nitrogen and oxygen atoms in total.